The van der Waals surface area contributed by atoms with Gasteiger partial charge in [-0.05, 0) is 38.5 Å². The summed E-state index contributed by atoms with van der Waals surface area (Å²) in [6.07, 6.45) is 7.14. The summed E-state index contributed by atoms with van der Waals surface area (Å²) in [6, 6.07) is 0. The van der Waals surface area contributed by atoms with E-state index in [0.717, 1.165) is 39.0 Å². The van der Waals surface area contributed by atoms with E-state index in [1.807, 2.05) is 4.90 Å². The first-order chi connectivity index (χ1) is 8.67. The molecule has 0 bridgehead atoms. The average molecular weight is 364 g/mol. The molecule has 1 spiro atoms. The summed E-state index contributed by atoms with van der Waals surface area (Å²) in [5, 5.41) is 0. The fourth-order valence-electron chi connectivity index (χ4n) is 3.39. The Labute approximate surface area is 123 Å². The highest BCUT2D eigenvalue weighted by Crippen LogP contribution is 2.41. The van der Waals surface area contributed by atoms with Gasteiger partial charge >= 0.3 is 6.09 Å². The molecule has 2 aliphatic heterocycles. The Morgan fingerprint density at radius 2 is 1.78 bits per heavy atom. The van der Waals surface area contributed by atoms with E-state index in [1.54, 1.807) is 0 Å². The number of carbonyl (C=O) groups excluding carboxylic acids is 1. The van der Waals surface area contributed by atoms with Crippen molar-refractivity contribution in [3.8, 4) is 0 Å². The normalized spacial score (nSPS) is 28.4. The van der Waals surface area contributed by atoms with Gasteiger partial charge in [0.15, 0.2) is 0 Å². The molecule has 102 valence electrons. The fourth-order valence-corrected chi connectivity index (χ4v) is 3.87. The number of amides is 1. The van der Waals surface area contributed by atoms with Crippen LogP contribution >= 0.6 is 22.9 Å². The number of nitrogens with zero attached hydrogens (tertiary/aromatic N) is 2. The molecule has 4 nitrogen and oxygen atoms in total. The van der Waals surface area contributed by atoms with E-state index in [9.17, 15) is 4.79 Å². The van der Waals surface area contributed by atoms with Crippen LogP contribution in [0.5, 0.6) is 0 Å². The first-order valence-electron chi connectivity index (χ1n) is 7.03. The zero-order chi connectivity index (χ0) is 12.6. The molecule has 0 radical (unpaired) electrons. The summed E-state index contributed by atoms with van der Waals surface area (Å²) in [5.41, 5.74) is 0.413. The van der Waals surface area contributed by atoms with Gasteiger partial charge in [0.05, 0.1) is 0 Å². The molecule has 18 heavy (non-hydrogen) atoms. The first-order valence-corrected chi connectivity index (χ1v) is 8.00. The highest BCUT2D eigenvalue weighted by molar-refractivity contribution is 14.1. The number of rotatable bonds is 1. The third-order valence-corrected chi connectivity index (χ3v) is 5.61. The van der Waals surface area contributed by atoms with Gasteiger partial charge in [-0.1, -0.05) is 0 Å². The van der Waals surface area contributed by atoms with E-state index in [2.05, 4.69) is 26.0 Å². The molecule has 0 aromatic heterocycles. The third-order valence-electron chi connectivity index (χ3n) is 4.65. The number of halogens is 1. The maximum atomic E-state index is 12.0. The van der Waals surface area contributed by atoms with Crippen molar-refractivity contribution in [2.45, 2.75) is 44.6 Å². The number of carbonyl (C=O) groups is 1. The lowest BCUT2D eigenvalue weighted by molar-refractivity contribution is -0.0373. The lowest BCUT2D eigenvalue weighted by Gasteiger charge is -2.52. The van der Waals surface area contributed by atoms with Crippen molar-refractivity contribution in [2.75, 3.05) is 26.2 Å². The van der Waals surface area contributed by atoms with Crippen molar-refractivity contribution in [2.24, 2.45) is 5.41 Å². The lowest BCUT2D eigenvalue weighted by atomic mass is 9.73. The van der Waals surface area contributed by atoms with Crippen LogP contribution in [0, 0.1) is 5.41 Å². The summed E-state index contributed by atoms with van der Waals surface area (Å²) >= 11 is 2.39. The second kappa shape index (κ2) is 5.15. The van der Waals surface area contributed by atoms with Crippen LogP contribution in [0.1, 0.15) is 38.5 Å². The molecule has 2 saturated heterocycles. The quantitative estimate of drug-likeness (QED) is 0.530. The van der Waals surface area contributed by atoms with Crippen LogP contribution in [0.25, 0.3) is 0 Å². The molecule has 3 fully saturated rings. The summed E-state index contributed by atoms with van der Waals surface area (Å²) < 4.78 is 7.90. The molecule has 5 heteroatoms. The van der Waals surface area contributed by atoms with Crippen molar-refractivity contribution in [3.63, 3.8) is 0 Å². The van der Waals surface area contributed by atoms with Gasteiger partial charge < -0.3 is 9.64 Å². The van der Waals surface area contributed by atoms with Crippen LogP contribution in [-0.2, 0) is 4.74 Å². The molecule has 0 aromatic rings. The largest absolute Gasteiger partial charge is 0.446 e. The minimum Gasteiger partial charge on any atom is -0.446 e. The standard InChI is InChI=1S/C13H21IN2O2/c14-16-7-5-13(6-8-16)9-15(10-13)12(17)18-11-3-1-2-4-11/h11H,1-10H2. The highest BCUT2D eigenvalue weighted by atomic mass is 127. The predicted octanol–water partition coefficient (Wildman–Crippen LogP) is 2.81. The number of hydrogen-bond donors (Lipinski definition) is 0. The second-order valence-electron chi connectivity index (χ2n) is 6.06. The molecule has 0 unspecified atom stereocenters. The fraction of sp³-hybridized carbons (Fsp3) is 0.923. The molecular weight excluding hydrogens is 343 g/mol. The van der Waals surface area contributed by atoms with E-state index < -0.39 is 0 Å². The van der Waals surface area contributed by atoms with E-state index in [4.69, 9.17) is 4.74 Å². The van der Waals surface area contributed by atoms with Crippen LogP contribution in [-0.4, -0.2) is 46.4 Å². The number of hydrogen-bond acceptors (Lipinski definition) is 3. The summed E-state index contributed by atoms with van der Waals surface area (Å²) in [6.45, 7) is 4.16. The minimum absolute atomic E-state index is 0.0653. The maximum Gasteiger partial charge on any atom is 0.410 e. The van der Waals surface area contributed by atoms with Gasteiger partial charge in [0, 0.05) is 54.5 Å². The molecule has 1 aliphatic carbocycles. The van der Waals surface area contributed by atoms with Crippen LogP contribution in [0.15, 0.2) is 0 Å². The van der Waals surface area contributed by atoms with E-state index in [1.165, 1.54) is 25.7 Å². The molecule has 0 aromatic carbocycles. The zero-order valence-corrected chi connectivity index (χ0v) is 12.9. The molecule has 1 amide bonds. The Morgan fingerprint density at radius 1 is 1.17 bits per heavy atom. The monoisotopic (exact) mass is 364 g/mol. The number of ether oxygens (including phenoxy) is 1. The van der Waals surface area contributed by atoms with Crippen molar-refractivity contribution in [1.29, 1.82) is 0 Å². The zero-order valence-electron chi connectivity index (χ0n) is 10.7. The van der Waals surface area contributed by atoms with Crippen LogP contribution in [0.3, 0.4) is 0 Å². The average Bonchev–Trinajstić information content (AvgIpc) is 2.80. The van der Waals surface area contributed by atoms with Crippen molar-refractivity contribution >= 4 is 29.0 Å². The van der Waals surface area contributed by atoms with Gasteiger partial charge in [0.2, 0.25) is 0 Å². The van der Waals surface area contributed by atoms with Gasteiger partial charge in [0.1, 0.15) is 6.10 Å². The van der Waals surface area contributed by atoms with Crippen LogP contribution < -0.4 is 0 Å². The van der Waals surface area contributed by atoms with E-state index in [0.29, 0.717) is 5.41 Å². The summed E-state index contributed by atoms with van der Waals surface area (Å²) in [4.78, 5) is 13.9. The van der Waals surface area contributed by atoms with Crippen molar-refractivity contribution in [1.82, 2.24) is 8.01 Å². The Morgan fingerprint density at radius 3 is 2.39 bits per heavy atom. The molecule has 2 heterocycles. The Balaban J connectivity index is 1.45. The van der Waals surface area contributed by atoms with E-state index >= 15 is 0 Å². The topological polar surface area (TPSA) is 32.8 Å². The Hall–Kier alpha value is -0.0400. The number of likely N-dealkylation sites (tertiary alicyclic amines) is 1. The van der Waals surface area contributed by atoms with Crippen LogP contribution in [0.4, 0.5) is 4.79 Å². The molecule has 0 atom stereocenters. The second-order valence-corrected chi connectivity index (χ2v) is 7.42. The van der Waals surface area contributed by atoms with Crippen molar-refractivity contribution in [3.05, 3.63) is 0 Å². The molecule has 3 rings (SSSR count). The summed E-state index contributed by atoms with van der Waals surface area (Å²) in [5.74, 6) is 0. The number of piperidine rings is 1. The van der Waals surface area contributed by atoms with Gasteiger partial charge in [-0.15, -0.1) is 0 Å². The Bertz CT molecular complexity index is 315. The lowest BCUT2D eigenvalue weighted by Crippen LogP contribution is -2.61. The molecular formula is C13H21IN2O2. The Kier molecular flexibility index (Phi) is 3.71. The smallest absolute Gasteiger partial charge is 0.410 e. The van der Waals surface area contributed by atoms with E-state index in [-0.39, 0.29) is 12.2 Å². The third kappa shape index (κ3) is 2.61. The first kappa shape index (κ1) is 13.0. The van der Waals surface area contributed by atoms with Gasteiger partial charge in [-0.2, -0.15) is 0 Å². The minimum atomic E-state index is -0.0653. The van der Waals surface area contributed by atoms with Crippen molar-refractivity contribution < 1.29 is 9.53 Å². The molecule has 0 N–H and O–H groups in total. The van der Waals surface area contributed by atoms with Gasteiger partial charge in [0.25, 0.3) is 0 Å². The maximum absolute atomic E-state index is 12.0. The predicted molar refractivity (Wildman–Crippen MR) is 77.6 cm³/mol. The molecule has 3 aliphatic rings. The molecule has 1 saturated carbocycles. The van der Waals surface area contributed by atoms with Crippen LogP contribution in [0.2, 0.25) is 0 Å². The van der Waals surface area contributed by atoms with Gasteiger partial charge in [-0.3, -0.25) is 0 Å². The SMILES string of the molecule is O=C(OC1CCCC1)N1CC2(CCN(I)CC2)C1. The summed E-state index contributed by atoms with van der Waals surface area (Å²) in [7, 11) is 0. The van der Waals surface area contributed by atoms with Gasteiger partial charge in [-0.25, -0.2) is 7.91 Å². The highest BCUT2D eigenvalue weighted by Gasteiger charge is 2.47.